The van der Waals surface area contributed by atoms with E-state index in [1.165, 1.54) is 16.2 Å². The molecule has 3 saturated heterocycles. The van der Waals surface area contributed by atoms with Gasteiger partial charge in [0.05, 0.1) is 0 Å². The highest BCUT2D eigenvalue weighted by atomic mass is 19.1. The van der Waals surface area contributed by atoms with Crippen LogP contribution in [0.2, 0.25) is 0 Å². The summed E-state index contributed by atoms with van der Waals surface area (Å²) in [7, 11) is 0. The number of rotatable bonds is 8. The van der Waals surface area contributed by atoms with E-state index >= 15 is 4.39 Å². The van der Waals surface area contributed by atoms with Crippen LogP contribution in [0.1, 0.15) is 90.9 Å². The molecule has 0 radical (unpaired) electrons. The molecular formula is C37H43FN6O4. The van der Waals surface area contributed by atoms with Gasteiger partial charge in [-0.25, -0.2) is 14.4 Å². The summed E-state index contributed by atoms with van der Waals surface area (Å²) in [6.07, 6.45) is 6.89. The Bertz CT molecular complexity index is 1660. The van der Waals surface area contributed by atoms with Gasteiger partial charge in [0.1, 0.15) is 17.8 Å². The molecule has 4 aliphatic heterocycles. The number of ether oxygens (including phenoxy) is 1. The molecule has 0 bridgehead atoms. The van der Waals surface area contributed by atoms with Crippen molar-refractivity contribution in [3.05, 3.63) is 82.7 Å². The first-order valence-electron chi connectivity index (χ1n) is 17.2. The molecule has 1 atom stereocenters. The Balaban J connectivity index is 0.890. The Labute approximate surface area is 280 Å². The number of anilines is 1. The molecule has 4 aliphatic rings. The largest absolute Gasteiger partial charge is 0.460 e. The molecule has 1 unspecified atom stereocenters. The molecule has 7 rings (SSSR count). The Morgan fingerprint density at radius 3 is 2.33 bits per heavy atom. The van der Waals surface area contributed by atoms with Gasteiger partial charge in [-0.3, -0.25) is 24.6 Å². The molecule has 1 aromatic heterocycles. The fraction of sp³-hybridized carbons (Fsp3) is 0.486. The summed E-state index contributed by atoms with van der Waals surface area (Å²) in [6, 6.07) is 13.7. The number of benzene rings is 2. The smallest absolute Gasteiger partial charge is 0.316 e. The molecule has 0 saturated carbocycles. The van der Waals surface area contributed by atoms with Gasteiger partial charge in [-0.15, -0.1) is 0 Å². The Kier molecular flexibility index (Phi) is 8.89. The molecule has 0 spiro atoms. The molecular weight excluding hydrogens is 611 g/mol. The van der Waals surface area contributed by atoms with Gasteiger partial charge in [-0.2, -0.15) is 0 Å². The number of carbonyl (C=O) groups excluding carboxylic acids is 3. The van der Waals surface area contributed by atoms with Crippen molar-refractivity contribution in [1.29, 1.82) is 0 Å². The molecule has 10 nitrogen and oxygen atoms in total. The van der Waals surface area contributed by atoms with Crippen LogP contribution in [-0.2, 0) is 28.3 Å². The molecule has 5 heterocycles. The first-order chi connectivity index (χ1) is 23.1. The number of aromatic nitrogens is 2. The number of alkyl halides is 1. The van der Waals surface area contributed by atoms with Crippen molar-refractivity contribution in [3.63, 3.8) is 0 Å². The van der Waals surface area contributed by atoms with Crippen molar-refractivity contribution in [3.8, 4) is 6.01 Å². The summed E-state index contributed by atoms with van der Waals surface area (Å²) >= 11 is 0. The first kappa shape index (κ1) is 32.2. The van der Waals surface area contributed by atoms with Crippen molar-refractivity contribution >= 4 is 23.4 Å². The number of halogens is 1. The van der Waals surface area contributed by atoms with Gasteiger partial charge in [0.2, 0.25) is 11.8 Å². The van der Waals surface area contributed by atoms with Gasteiger partial charge in [0.25, 0.3) is 5.91 Å². The predicted molar refractivity (Wildman–Crippen MR) is 178 cm³/mol. The lowest BCUT2D eigenvalue weighted by Crippen LogP contribution is -2.52. The van der Waals surface area contributed by atoms with E-state index in [1.54, 1.807) is 18.2 Å². The monoisotopic (exact) mass is 654 g/mol. The van der Waals surface area contributed by atoms with Crippen LogP contribution in [-0.4, -0.2) is 75.8 Å². The van der Waals surface area contributed by atoms with Crippen LogP contribution in [0.4, 0.5) is 10.1 Å². The van der Waals surface area contributed by atoms with E-state index in [4.69, 9.17) is 4.74 Å². The molecule has 1 N–H and O–H groups in total. The summed E-state index contributed by atoms with van der Waals surface area (Å²) in [5.74, 6) is -0.606. The minimum Gasteiger partial charge on any atom is -0.460 e. The van der Waals surface area contributed by atoms with E-state index in [9.17, 15) is 14.4 Å². The second kappa shape index (κ2) is 13.3. The lowest BCUT2D eigenvalue weighted by molar-refractivity contribution is -0.136. The predicted octanol–water partition coefficient (Wildman–Crippen LogP) is 4.87. The van der Waals surface area contributed by atoms with Crippen molar-refractivity contribution in [1.82, 2.24) is 25.1 Å². The number of piperidine rings is 3. The van der Waals surface area contributed by atoms with E-state index in [0.717, 1.165) is 43.6 Å². The number of carbonyl (C=O) groups is 3. The van der Waals surface area contributed by atoms with Gasteiger partial charge in [-0.1, -0.05) is 38.1 Å². The standard InChI is InChI=1S/C37H43FN6O4/c1-24(2)27-20-39-36(40-21-27)48-30-11-15-43(16-12-30)29-6-3-25(4-7-29)22-42-17-13-37(38,14-18-42)28-5-8-31-26(19-28)23-44(35(31)47)32-9-10-33(45)41-34(32)46/h3-8,19-21,24,30,32H,9-18,22-23H2,1-2H3,(H,41,45,46). The summed E-state index contributed by atoms with van der Waals surface area (Å²) < 4.78 is 22.4. The maximum absolute atomic E-state index is 16.3. The number of nitrogens with zero attached hydrogens (tertiary/aromatic N) is 5. The second-order valence-corrected chi connectivity index (χ2v) is 13.9. The Hall–Kier alpha value is -4.38. The average molecular weight is 655 g/mol. The fourth-order valence-electron chi connectivity index (χ4n) is 7.34. The lowest BCUT2D eigenvalue weighted by atomic mass is 9.84. The zero-order chi connectivity index (χ0) is 33.4. The molecule has 2 aromatic carbocycles. The van der Waals surface area contributed by atoms with E-state index in [0.29, 0.717) is 55.4 Å². The molecule has 0 aliphatic carbocycles. The number of hydrogen-bond acceptors (Lipinski definition) is 8. The zero-order valence-corrected chi connectivity index (χ0v) is 27.7. The lowest BCUT2D eigenvalue weighted by Gasteiger charge is -2.37. The van der Waals surface area contributed by atoms with Crippen LogP contribution in [0, 0.1) is 0 Å². The molecule has 3 aromatic rings. The van der Waals surface area contributed by atoms with Crippen LogP contribution in [0.15, 0.2) is 54.9 Å². The Morgan fingerprint density at radius 1 is 0.958 bits per heavy atom. The fourth-order valence-corrected chi connectivity index (χ4v) is 7.34. The van der Waals surface area contributed by atoms with E-state index in [2.05, 4.69) is 63.2 Å². The van der Waals surface area contributed by atoms with Gasteiger partial charge < -0.3 is 14.5 Å². The summed E-state index contributed by atoms with van der Waals surface area (Å²) in [5.41, 5.74) is 3.87. The van der Waals surface area contributed by atoms with Gasteiger partial charge >= 0.3 is 6.01 Å². The number of hydrogen-bond donors (Lipinski definition) is 1. The number of nitrogens with one attached hydrogen (secondary N) is 1. The van der Waals surface area contributed by atoms with Crippen LogP contribution in [0.5, 0.6) is 6.01 Å². The molecule has 3 amide bonds. The van der Waals surface area contributed by atoms with Crippen molar-refractivity contribution in [2.24, 2.45) is 0 Å². The maximum atomic E-state index is 16.3. The minimum absolute atomic E-state index is 0.110. The quantitative estimate of drug-likeness (QED) is 0.343. The van der Waals surface area contributed by atoms with Crippen molar-refractivity contribution in [2.75, 3.05) is 31.1 Å². The number of imide groups is 1. The van der Waals surface area contributed by atoms with E-state index in [-0.39, 0.29) is 30.9 Å². The highest BCUT2D eigenvalue weighted by Crippen LogP contribution is 2.40. The maximum Gasteiger partial charge on any atom is 0.316 e. The second-order valence-electron chi connectivity index (χ2n) is 13.9. The average Bonchev–Trinajstić information content (AvgIpc) is 3.42. The minimum atomic E-state index is -1.47. The third-order valence-electron chi connectivity index (χ3n) is 10.4. The summed E-state index contributed by atoms with van der Waals surface area (Å²) in [5, 5.41) is 2.33. The van der Waals surface area contributed by atoms with Gasteiger partial charge in [0.15, 0.2) is 0 Å². The number of fused-ring (bicyclic) bond motifs is 1. The molecule has 252 valence electrons. The van der Waals surface area contributed by atoms with Crippen LogP contribution in [0.3, 0.4) is 0 Å². The highest BCUT2D eigenvalue weighted by Gasteiger charge is 2.41. The van der Waals surface area contributed by atoms with Crippen molar-refractivity contribution in [2.45, 2.75) is 89.2 Å². The van der Waals surface area contributed by atoms with Gasteiger partial charge in [-0.05, 0) is 65.6 Å². The third-order valence-corrected chi connectivity index (χ3v) is 10.4. The van der Waals surface area contributed by atoms with Gasteiger partial charge in [0, 0.05) is 82.2 Å². The molecule has 11 heteroatoms. The first-order valence-corrected chi connectivity index (χ1v) is 17.2. The number of likely N-dealkylation sites (tertiary alicyclic amines) is 1. The SMILES string of the molecule is CC(C)c1cnc(OC2CCN(c3ccc(CN4CCC(F)(c5ccc6c(c5)CN(C5CCC(=O)NC5=O)C6=O)CC4)cc3)CC2)nc1. The van der Waals surface area contributed by atoms with Crippen molar-refractivity contribution < 1.29 is 23.5 Å². The summed E-state index contributed by atoms with van der Waals surface area (Å²) in [6.45, 7) is 8.34. The zero-order valence-electron chi connectivity index (χ0n) is 27.7. The topological polar surface area (TPSA) is 108 Å². The Morgan fingerprint density at radius 2 is 1.67 bits per heavy atom. The highest BCUT2D eigenvalue weighted by molar-refractivity contribution is 6.05. The normalized spacial score (nSPS) is 21.8. The van der Waals surface area contributed by atoms with E-state index < -0.39 is 17.6 Å². The van der Waals surface area contributed by atoms with Crippen LogP contribution >= 0.6 is 0 Å². The molecule has 3 fully saturated rings. The van der Waals surface area contributed by atoms with Crippen LogP contribution in [0.25, 0.3) is 0 Å². The summed E-state index contributed by atoms with van der Waals surface area (Å²) in [4.78, 5) is 52.0. The van der Waals surface area contributed by atoms with Crippen LogP contribution < -0.4 is 15.0 Å². The third kappa shape index (κ3) is 6.65. The van der Waals surface area contributed by atoms with E-state index in [1.807, 2.05) is 12.4 Å². The number of amides is 3. The molecule has 48 heavy (non-hydrogen) atoms.